The van der Waals surface area contributed by atoms with Gasteiger partial charge in [0, 0.05) is 24.2 Å². The van der Waals surface area contributed by atoms with Crippen LogP contribution in [-0.4, -0.2) is 23.3 Å². The number of H-pyrrole nitrogens is 1. The molecule has 1 aromatic carbocycles. The van der Waals surface area contributed by atoms with Crippen molar-refractivity contribution >= 4 is 16.6 Å². The molecule has 0 bridgehead atoms. The Kier molecular flexibility index (Phi) is 4.36. The molecule has 3 heteroatoms. The topological polar surface area (TPSA) is 31.9 Å². The molecule has 0 amide bonds. The lowest BCUT2D eigenvalue weighted by atomic mass is 9.95. The van der Waals surface area contributed by atoms with Crippen LogP contribution in [0.25, 0.3) is 10.9 Å². The SMILES string of the molecule is CC(C)CCN(CC(C)(C)C)c1ccc2[nH]ncc2c1. The molecule has 0 aliphatic heterocycles. The second kappa shape index (κ2) is 5.86. The van der Waals surface area contributed by atoms with Crippen molar-refractivity contribution in [3.05, 3.63) is 24.4 Å². The van der Waals surface area contributed by atoms with E-state index in [4.69, 9.17) is 0 Å². The minimum atomic E-state index is 0.294. The van der Waals surface area contributed by atoms with Crippen LogP contribution < -0.4 is 4.90 Å². The fourth-order valence-corrected chi connectivity index (χ4v) is 2.41. The lowest BCUT2D eigenvalue weighted by Crippen LogP contribution is -2.34. The molecule has 3 nitrogen and oxygen atoms in total. The van der Waals surface area contributed by atoms with Crippen LogP contribution in [0.1, 0.15) is 41.0 Å². The maximum atomic E-state index is 4.11. The molecule has 20 heavy (non-hydrogen) atoms. The van der Waals surface area contributed by atoms with Gasteiger partial charge in [0.05, 0.1) is 11.7 Å². The third-order valence-electron chi connectivity index (χ3n) is 3.43. The van der Waals surface area contributed by atoms with E-state index < -0.39 is 0 Å². The van der Waals surface area contributed by atoms with E-state index in [1.165, 1.54) is 17.5 Å². The van der Waals surface area contributed by atoms with Crippen LogP contribution in [0.3, 0.4) is 0 Å². The Morgan fingerprint density at radius 3 is 2.65 bits per heavy atom. The van der Waals surface area contributed by atoms with E-state index in [0.717, 1.165) is 24.5 Å². The largest absolute Gasteiger partial charge is 0.371 e. The van der Waals surface area contributed by atoms with Crippen LogP contribution in [0.5, 0.6) is 0 Å². The molecule has 1 N–H and O–H groups in total. The Morgan fingerprint density at radius 1 is 1.25 bits per heavy atom. The molecule has 0 radical (unpaired) electrons. The van der Waals surface area contributed by atoms with Crippen LogP contribution in [0.2, 0.25) is 0 Å². The van der Waals surface area contributed by atoms with Crippen molar-refractivity contribution in [2.45, 2.75) is 41.0 Å². The summed E-state index contributed by atoms with van der Waals surface area (Å²) in [5.74, 6) is 0.732. The second-order valence-electron chi connectivity index (χ2n) is 7.31. The van der Waals surface area contributed by atoms with Crippen LogP contribution in [0.15, 0.2) is 24.4 Å². The summed E-state index contributed by atoms with van der Waals surface area (Å²) in [4.78, 5) is 2.51. The summed E-state index contributed by atoms with van der Waals surface area (Å²) in [6.45, 7) is 13.6. The van der Waals surface area contributed by atoms with Crippen molar-refractivity contribution in [3.8, 4) is 0 Å². The number of anilines is 1. The minimum absolute atomic E-state index is 0.294. The number of rotatable bonds is 5. The number of aromatic nitrogens is 2. The summed E-state index contributed by atoms with van der Waals surface area (Å²) < 4.78 is 0. The average molecular weight is 273 g/mol. The van der Waals surface area contributed by atoms with Gasteiger partial charge in [-0.2, -0.15) is 5.10 Å². The molecule has 2 rings (SSSR count). The van der Waals surface area contributed by atoms with Gasteiger partial charge in [0.1, 0.15) is 0 Å². The number of hydrogen-bond donors (Lipinski definition) is 1. The molecule has 110 valence electrons. The maximum Gasteiger partial charge on any atom is 0.0651 e. The van der Waals surface area contributed by atoms with Gasteiger partial charge in [0.15, 0.2) is 0 Å². The zero-order valence-corrected chi connectivity index (χ0v) is 13.4. The van der Waals surface area contributed by atoms with E-state index in [-0.39, 0.29) is 0 Å². The van der Waals surface area contributed by atoms with E-state index in [1.807, 2.05) is 6.20 Å². The van der Waals surface area contributed by atoms with E-state index in [1.54, 1.807) is 0 Å². The monoisotopic (exact) mass is 273 g/mol. The first-order valence-corrected chi connectivity index (χ1v) is 7.53. The molecule has 2 aromatic rings. The standard InChI is InChI=1S/C17H27N3/c1-13(2)8-9-20(12-17(3,4)5)15-6-7-16-14(10-15)11-18-19-16/h6-7,10-11,13H,8-9,12H2,1-5H3,(H,18,19). The zero-order valence-electron chi connectivity index (χ0n) is 13.4. The maximum absolute atomic E-state index is 4.11. The highest BCUT2D eigenvalue weighted by Gasteiger charge is 2.17. The number of benzene rings is 1. The molecular formula is C17H27N3. The fraction of sp³-hybridized carbons (Fsp3) is 0.588. The van der Waals surface area contributed by atoms with Crippen LogP contribution in [0, 0.1) is 11.3 Å². The number of nitrogens with one attached hydrogen (secondary N) is 1. The highest BCUT2D eigenvalue weighted by Crippen LogP contribution is 2.25. The summed E-state index contributed by atoms with van der Waals surface area (Å²) in [6.07, 6.45) is 3.12. The smallest absolute Gasteiger partial charge is 0.0651 e. The summed E-state index contributed by atoms with van der Waals surface area (Å²) in [5.41, 5.74) is 2.70. The van der Waals surface area contributed by atoms with E-state index >= 15 is 0 Å². The van der Waals surface area contributed by atoms with E-state index in [9.17, 15) is 0 Å². The quantitative estimate of drug-likeness (QED) is 0.872. The Hall–Kier alpha value is -1.51. The fourth-order valence-electron chi connectivity index (χ4n) is 2.41. The predicted octanol–water partition coefficient (Wildman–Crippen LogP) is 4.46. The molecule has 0 spiro atoms. The predicted molar refractivity (Wildman–Crippen MR) is 87.2 cm³/mol. The van der Waals surface area contributed by atoms with Gasteiger partial charge >= 0.3 is 0 Å². The summed E-state index contributed by atoms with van der Waals surface area (Å²) in [6, 6.07) is 6.57. The molecule has 0 aliphatic carbocycles. The Morgan fingerprint density at radius 2 is 2.00 bits per heavy atom. The molecule has 0 saturated carbocycles. The van der Waals surface area contributed by atoms with Crippen LogP contribution >= 0.6 is 0 Å². The van der Waals surface area contributed by atoms with Gasteiger partial charge in [-0.15, -0.1) is 0 Å². The van der Waals surface area contributed by atoms with Gasteiger partial charge < -0.3 is 4.90 Å². The highest BCUT2D eigenvalue weighted by atomic mass is 15.1. The van der Waals surface area contributed by atoms with Gasteiger partial charge in [-0.3, -0.25) is 5.10 Å². The molecule has 1 heterocycles. The first-order chi connectivity index (χ1) is 9.35. The van der Waals surface area contributed by atoms with Crippen LogP contribution in [-0.2, 0) is 0 Å². The summed E-state index contributed by atoms with van der Waals surface area (Å²) in [5, 5.41) is 8.31. The van der Waals surface area contributed by atoms with Crippen molar-refractivity contribution < 1.29 is 0 Å². The molecule has 0 atom stereocenters. The van der Waals surface area contributed by atoms with Gasteiger partial charge in [-0.25, -0.2) is 0 Å². The second-order valence-corrected chi connectivity index (χ2v) is 7.31. The van der Waals surface area contributed by atoms with Crippen molar-refractivity contribution in [2.24, 2.45) is 11.3 Å². The third-order valence-corrected chi connectivity index (χ3v) is 3.43. The number of fused-ring (bicyclic) bond motifs is 1. The van der Waals surface area contributed by atoms with Gasteiger partial charge in [-0.1, -0.05) is 34.6 Å². The molecule has 1 aromatic heterocycles. The zero-order chi connectivity index (χ0) is 14.8. The van der Waals surface area contributed by atoms with Gasteiger partial charge in [-0.05, 0) is 36.0 Å². The highest BCUT2D eigenvalue weighted by molar-refractivity contribution is 5.82. The lowest BCUT2D eigenvalue weighted by molar-refractivity contribution is 0.403. The molecule has 0 unspecified atom stereocenters. The number of nitrogens with zero attached hydrogens (tertiary/aromatic N) is 2. The number of hydrogen-bond acceptors (Lipinski definition) is 2. The summed E-state index contributed by atoms with van der Waals surface area (Å²) >= 11 is 0. The molecular weight excluding hydrogens is 246 g/mol. The minimum Gasteiger partial charge on any atom is -0.371 e. The van der Waals surface area contributed by atoms with Crippen molar-refractivity contribution in [2.75, 3.05) is 18.0 Å². The first-order valence-electron chi connectivity index (χ1n) is 7.53. The Bertz CT molecular complexity index is 549. The lowest BCUT2D eigenvalue weighted by Gasteiger charge is -2.32. The Balaban J connectivity index is 2.23. The third kappa shape index (κ3) is 3.99. The van der Waals surface area contributed by atoms with Crippen LogP contribution in [0.4, 0.5) is 5.69 Å². The average Bonchev–Trinajstić information content (AvgIpc) is 2.79. The van der Waals surface area contributed by atoms with Gasteiger partial charge in [0.25, 0.3) is 0 Å². The van der Waals surface area contributed by atoms with Crippen molar-refractivity contribution in [3.63, 3.8) is 0 Å². The summed E-state index contributed by atoms with van der Waals surface area (Å²) in [7, 11) is 0. The number of aromatic amines is 1. The Labute approximate surface area is 122 Å². The molecule has 0 aliphatic rings. The van der Waals surface area contributed by atoms with Gasteiger partial charge in [0.2, 0.25) is 0 Å². The van der Waals surface area contributed by atoms with E-state index in [0.29, 0.717) is 5.41 Å². The molecule has 0 saturated heterocycles. The molecule has 0 fully saturated rings. The van der Waals surface area contributed by atoms with E-state index in [2.05, 4.69) is 67.9 Å². The first kappa shape index (κ1) is 14.9. The normalized spacial score (nSPS) is 12.3. The van der Waals surface area contributed by atoms with Crippen molar-refractivity contribution in [1.29, 1.82) is 0 Å². The van der Waals surface area contributed by atoms with Crippen molar-refractivity contribution in [1.82, 2.24) is 10.2 Å².